The first-order valence-electron chi connectivity index (χ1n) is 2.50. The van der Waals surface area contributed by atoms with Crippen molar-refractivity contribution >= 4 is 24.3 Å². The Morgan fingerprint density at radius 2 is 1.77 bits per heavy atom. The predicted molar refractivity (Wildman–Crippen MR) is 39.4 cm³/mol. The predicted octanol–water partition coefficient (Wildman–Crippen LogP) is -5.14. The molecule has 0 bridgehead atoms. The second kappa shape index (κ2) is 9.31. The number of rotatable bonds is 3. The normalized spacial score (nSPS) is 12.8. The Morgan fingerprint density at radius 1 is 1.38 bits per heavy atom. The van der Waals surface area contributed by atoms with Gasteiger partial charge in [-0.2, -0.15) is 5.90 Å². The van der Waals surface area contributed by atoms with Crippen molar-refractivity contribution in [3.63, 3.8) is 0 Å². The molecule has 0 aliphatic rings. The molecule has 0 heterocycles. The zero-order valence-corrected chi connectivity index (χ0v) is 10.6. The molecule has 2 unspecified atom stereocenters. The number of carboxylic acids is 1. The molecule has 0 saturated heterocycles. The number of carbonyl (C=O) groups excluding carboxylic acids is 1. The number of aliphatic hydroxyl groups is 2. The van der Waals surface area contributed by atoms with Crippen LogP contribution in [0.2, 0.25) is 0 Å². The molecule has 9 heteroatoms. The average molecular weight is 243 g/mol. The van der Waals surface area contributed by atoms with E-state index < -0.39 is 24.1 Å². The number of halogens is 1. The number of aliphatic hydroxyl groups excluding tert-OH is 2. The van der Waals surface area contributed by atoms with Gasteiger partial charge in [0.1, 0.15) is 0 Å². The first kappa shape index (κ1) is 19.3. The van der Waals surface area contributed by atoms with Crippen molar-refractivity contribution in [2.75, 3.05) is 0 Å². The Kier molecular flexibility index (Phi) is 13.8. The molecule has 0 rings (SSSR count). The van der Waals surface area contributed by atoms with Crippen LogP contribution in [0.4, 0.5) is 0 Å². The average Bonchev–Trinajstić information content (AvgIpc) is 2.00. The molecule has 2 atom stereocenters. The quantitative estimate of drug-likeness (QED) is 0.288. The van der Waals surface area contributed by atoms with E-state index in [0.29, 0.717) is 0 Å². The number of hydrogen-bond acceptors (Lipinski definition) is 6. The van der Waals surface area contributed by atoms with Gasteiger partial charge >= 0.3 is 64.7 Å². The SMILES string of the molecule is Cl.NOC(=O)C(O)C(O)C(=O)O.[H+].[H-].[K+]. The Hall–Kier alpha value is 0.746. The maximum Gasteiger partial charge on any atom is 1.00 e. The Balaban J connectivity index is -0.0000000833. The van der Waals surface area contributed by atoms with Crippen molar-refractivity contribution < 1.29 is 84.0 Å². The zero-order chi connectivity index (χ0) is 9.02. The van der Waals surface area contributed by atoms with E-state index in [4.69, 9.17) is 15.3 Å². The Bertz CT molecular complexity index is 187. The van der Waals surface area contributed by atoms with Crippen molar-refractivity contribution in [2.45, 2.75) is 12.2 Å². The van der Waals surface area contributed by atoms with E-state index in [1.54, 1.807) is 0 Å². The second-order valence-electron chi connectivity index (χ2n) is 1.66. The van der Waals surface area contributed by atoms with Gasteiger partial charge in [-0.25, -0.2) is 9.59 Å². The van der Waals surface area contributed by atoms with Crippen molar-refractivity contribution in [3.05, 3.63) is 0 Å². The van der Waals surface area contributed by atoms with E-state index >= 15 is 0 Å². The summed E-state index contributed by atoms with van der Waals surface area (Å²) in [5.74, 6) is 1.16. The molecule has 0 aromatic heterocycles. The Morgan fingerprint density at radius 3 is 2.00 bits per heavy atom. The van der Waals surface area contributed by atoms with E-state index in [1.807, 2.05) is 0 Å². The van der Waals surface area contributed by atoms with Gasteiger partial charge in [0.2, 0.25) is 0 Å². The summed E-state index contributed by atoms with van der Waals surface area (Å²) in [6.45, 7) is 0. The number of carbonyl (C=O) groups is 2. The molecule has 5 N–H and O–H groups in total. The van der Waals surface area contributed by atoms with Crippen molar-refractivity contribution in [3.8, 4) is 0 Å². The standard InChI is InChI=1S/C4H7NO6.ClH.K.H/c5-11-4(10)2(7)1(6)3(8)9;;;/h1-2,6-7H,5H2,(H,8,9);1H;;/q;;+1;-1/p+1. The number of hydrogen-bond donors (Lipinski definition) is 4. The van der Waals surface area contributed by atoms with Gasteiger partial charge in [0, 0.05) is 0 Å². The maximum absolute atomic E-state index is 10.2. The van der Waals surface area contributed by atoms with Gasteiger partial charge in [-0.1, -0.05) is 0 Å². The molecule has 0 amide bonds. The second-order valence-corrected chi connectivity index (χ2v) is 1.66. The van der Waals surface area contributed by atoms with Gasteiger partial charge in [0.05, 0.1) is 0 Å². The molecule has 0 aliphatic heterocycles. The summed E-state index contributed by atoms with van der Waals surface area (Å²) in [5.41, 5.74) is 0. The molecular formula is C4H10ClKNO6+. The largest absolute Gasteiger partial charge is 1.00 e. The summed E-state index contributed by atoms with van der Waals surface area (Å²) in [7, 11) is 0. The monoisotopic (exact) mass is 242 g/mol. The van der Waals surface area contributed by atoms with Crippen LogP contribution in [0, 0.1) is 0 Å². The minimum atomic E-state index is -2.22. The van der Waals surface area contributed by atoms with Gasteiger partial charge < -0.3 is 21.6 Å². The molecule has 13 heavy (non-hydrogen) atoms. The van der Waals surface area contributed by atoms with E-state index in [0.717, 1.165) is 0 Å². The van der Waals surface area contributed by atoms with Gasteiger partial charge in [0.15, 0.2) is 12.2 Å². The molecule has 0 fully saturated rings. The number of carboxylic acid groups (broad SMARTS) is 1. The van der Waals surface area contributed by atoms with Gasteiger partial charge in [-0.15, -0.1) is 12.4 Å². The first-order valence-corrected chi connectivity index (χ1v) is 2.50. The van der Waals surface area contributed by atoms with Crippen LogP contribution in [0.1, 0.15) is 2.85 Å². The molecule has 74 valence electrons. The fraction of sp³-hybridized carbons (Fsp3) is 0.500. The van der Waals surface area contributed by atoms with Crippen LogP contribution in [0.5, 0.6) is 0 Å². The van der Waals surface area contributed by atoms with Crippen molar-refractivity contribution in [1.82, 2.24) is 0 Å². The first-order chi connectivity index (χ1) is 5.00. The summed E-state index contributed by atoms with van der Waals surface area (Å²) < 4.78 is 0. The van der Waals surface area contributed by atoms with Crippen LogP contribution in [0.15, 0.2) is 0 Å². The molecule has 7 nitrogen and oxygen atoms in total. The van der Waals surface area contributed by atoms with Crippen molar-refractivity contribution in [1.29, 1.82) is 0 Å². The minimum Gasteiger partial charge on any atom is -1.00 e. The topological polar surface area (TPSA) is 130 Å². The molecule has 0 spiro atoms. The number of nitrogens with two attached hydrogens (primary N) is 1. The molecular weight excluding hydrogens is 233 g/mol. The summed E-state index contributed by atoms with van der Waals surface area (Å²) in [6.07, 6.45) is -4.37. The van der Waals surface area contributed by atoms with Crippen LogP contribution < -0.4 is 57.3 Å². The molecule has 0 radical (unpaired) electrons. The van der Waals surface area contributed by atoms with Crippen LogP contribution in [-0.4, -0.2) is 39.5 Å². The third-order valence-corrected chi connectivity index (χ3v) is 0.910. The van der Waals surface area contributed by atoms with Crippen LogP contribution in [-0.2, 0) is 14.4 Å². The fourth-order valence-electron chi connectivity index (χ4n) is 0.334. The van der Waals surface area contributed by atoms with Crippen molar-refractivity contribution in [2.24, 2.45) is 5.90 Å². The van der Waals surface area contributed by atoms with E-state index in [-0.39, 0.29) is 66.6 Å². The van der Waals surface area contributed by atoms with Gasteiger partial charge in [-0.3, -0.25) is 0 Å². The summed E-state index contributed by atoms with van der Waals surface area (Å²) in [6, 6.07) is 0. The molecule has 0 aromatic rings. The van der Waals surface area contributed by atoms with Crippen LogP contribution in [0.25, 0.3) is 0 Å². The molecule has 0 aliphatic carbocycles. The van der Waals surface area contributed by atoms with E-state index in [1.165, 1.54) is 0 Å². The number of aliphatic carboxylic acids is 1. The Labute approximate surface area is 125 Å². The van der Waals surface area contributed by atoms with E-state index in [2.05, 4.69) is 10.7 Å². The third kappa shape index (κ3) is 6.77. The maximum atomic E-state index is 10.2. The zero-order valence-electron chi connectivity index (χ0n) is 8.71. The van der Waals surface area contributed by atoms with Crippen LogP contribution in [0.3, 0.4) is 0 Å². The summed E-state index contributed by atoms with van der Waals surface area (Å²) in [5, 5.41) is 25.1. The minimum absolute atomic E-state index is 0. The van der Waals surface area contributed by atoms with Gasteiger partial charge in [0.25, 0.3) is 0 Å². The van der Waals surface area contributed by atoms with Gasteiger partial charge in [-0.05, 0) is 0 Å². The smallest absolute Gasteiger partial charge is 1.00 e. The molecule has 0 aromatic carbocycles. The van der Waals surface area contributed by atoms with Crippen LogP contribution >= 0.6 is 12.4 Å². The fourth-order valence-corrected chi connectivity index (χ4v) is 0.334. The third-order valence-electron chi connectivity index (χ3n) is 0.910. The summed E-state index contributed by atoms with van der Waals surface area (Å²) >= 11 is 0. The van der Waals surface area contributed by atoms with E-state index in [9.17, 15) is 9.59 Å². The summed E-state index contributed by atoms with van der Waals surface area (Å²) in [4.78, 5) is 23.6. The molecule has 0 saturated carbocycles.